The largest absolute Gasteiger partial charge is 0 e. The van der Waals surface area contributed by atoms with Crippen LogP contribution in [0.25, 0.3) is 0 Å². The molecule has 0 heterocycles. The predicted molar refractivity (Wildman–Crippen MR) is 34.5 cm³/mol. The minimum atomic E-state index is -5.35. The molecular weight excluding hydrogens is 436 g/mol. The number of hydrogen-bond donors (Lipinski definition) is 3. The Bertz CT molecular complexity index is 66.7. The molecule has 0 aliphatic heterocycles. The van der Waals surface area contributed by atoms with Gasteiger partial charge < -0.3 is 0 Å². The van der Waals surface area contributed by atoms with Crippen LogP contribution in [0, 0.1) is 0 Å². The number of hydrogen-bond acceptors (Lipinski definition) is 1. The smallest absolute Gasteiger partial charge is 0 e. The molecule has 0 saturated heterocycles. The molecule has 0 bridgehead atoms. The third-order valence-corrected chi connectivity index (χ3v) is 0. The van der Waals surface area contributed by atoms with Crippen LogP contribution in [0.5, 0.6) is 0 Å². The molecule has 0 amide bonds. The average molecular weight is 442 g/mol. The number of rotatable bonds is 0. The van der Waals surface area contributed by atoms with Crippen LogP contribution in [-0.2, 0) is 25.4 Å². The Morgan fingerprint density at radius 1 is 1.11 bits per heavy atom. The van der Waals surface area contributed by atoms with Gasteiger partial charge in [-0.3, -0.25) is 0 Å². The van der Waals surface area contributed by atoms with Crippen LogP contribution in [-0.4, -0.2) is 130 Å². The van der Waals surface area contributed by atoms with Gasteiger partial charge in [0.25, 0.3) is 0 Å². The second-order valence-corrected chi connectivity index (χ2v) is 3.44. The molecule has 1 radical (unpaired) electrons. The zero-order valence-corrected chi connectivity index (χ0v) is 8.41. The standard InChI is InChI=1S/K.Li.Na.3H2O.O.Sb.Ta.3H/h;;;3*1H2;;;;;;/q;;;;;;;+3;;;;/p-3. The molecule has 0 aliphatic carbocycles. The van der Waals surface area contributed by atoms with E-state index in [2.05, 4.69) is 0 Å². The normalized spacial score (nSPS) is 6.56. The zero-order valence-electron chi connectivity index (χ0n) is 2.64. The van der Waals surface area contributed by atoms with E-state index in [0.29, 0.717) is 0 Å². The van der Waals surface area contributed by atoms with Crippen molar-refractivity contribution < 1.29 is 35.6 Å². The summed E-state index contributed by atoms with van der Waals surface area (Å²) in [6, 6.07) is 0. The third kappa shape index (κ3) is 68.4. The fourth-order valence-electron chi connectivity index (χ4n) is 0. The SMILES string of the molecule is [KH].[LiH].[NaH].[O]=[Sb]([OH])([OH])[OH].[Ta]. The Hall–Kier alpha value is 4.47. The summed E-state index contributed by atoms with van der Waals surface area (Å²) in [6.45, 7) is 0. The van der Waals surface area contributed by atoms with Crippen LogP contribution in [0.1, 0.15) is 0 Å². The van der Waals surface area contributed by atoms with Crippen LogP contribution in [0.3, 0.4) is 0 Å². The molecule has 9 heteroatoms. The zero-order chi connectivity index (χ0) is 4.50. The molecule has 0 aliphatic rings. The van der Waals surface area contributed by atoms with E-state index < -0.39 is 20.1 Å². The maximum absolute atomic E-state index is 8.97. The van der Waals surface area contributed by atoms with Gasteiger partial charge in [0.1, 0.15) is 0 Å². The topological polar surface area (TPSA) is 77.8 Å². The van der Waals surface area contributed by atoms with Crippen molar-refractivity contribution in [3.05, 3.63) is 0 Å². The van der Waals surface area contributed by atoms with Gasteiger partial charge in [-0.15, -0.1) is 0 Å². The summed E-state index contributed by atoms with van der Waals surface area (Å²) in [4.78, 5) is 0. The first-order valence-corrected chi connectivity index (χ1v) is 5.25. The van der Waals surface area contributed by atoms with Crippen LogP contribution >= 0.6 is 0 Å². The van der Waals surface area contributed by atoms with E-state index in [-0.39, 0.29) is 122 Å². The van der Waals surface area contributed by atoms with Crippen molar-refractivity contribution in [2.75, 3.05) is 0 Å². The van der Waals surface area contributed by atoms with Crippen LogP contribution in [0.15, 0.2) is 0 Å². The Balaban J connectivity index is -0.0000000133. The van der Waals surface area contributed by atoms with E-state index in [1.165, 1.54) is 0 Å². The second-order valence-electron chi connectivity index (χ2n) is 0.513. The molecule has 0 aromatic heterocycles. The fraction of sp³-hybridized carbons (Fsp3) is 0. The summed E-state index contributed by atoms with van der Waals surface area (Å²) in [5, 5.41) is 0. The van der Waals surface area contributed by atoms with Gasteiger partial charge in [0, 0.05) is 22.4 Å². The minimum absolute atomic E-state index is 0. The average Bonchev–Trinajstić information content (AvgIpc) is 0.722. The van der Waals surface area contributed by atoms with E-state index in [1.807, 2.05) is 0 Å². The van der Waals surface area contributed by atoms with Crippen molar-refractivity contribution in [3.8, 4) is 0 Å². The van der Waals surface area contributed by atoms with Gasteiger partial charge >= 0.3 is 133 Å². The Kier molecular flexibility index (Phi) is 48.6. The molecule has 0 saturated carbocycles. The van der Waals surface area contributed by atoms with E-state index in [1.54, 1.807) is 0 Å². The Labute approximate surface area is 151 Å². The fourth-order valence-corrected chi connectivity index (χ4v) is 0. The Morgan fingerprint density at radius 2 is 1.11 bits per heavy atom. The summed E-state index contributed by atoms with van der Waals surface area (Å²) < 4.78 is 30.8. The molecule has 3 N–H and O–H groups in total. The van der Waals surface area contributed by atoms with Crippen LogP contribution in [0.2, 0.25) is 0 Å². The van der Waals surface area contributed by atoms with Crippen molar-refractivity contribution >= 4 is 120 Å². The molecule has 43 valence electrons. The maximum atomic E-state index is 8.97. The molecule has 4 nitrogen and oxygen atoms in total. The van der Waals surface area contributed by atoms with Gasteiger partial charge in [0.2, 0.25) is 0 Å². The quantitative estimate of drug-likeness (QED) is 0.334. The summed E-state index contributed by atoms with van der Waals surface area (Å²) in [6.07, 6.45) is 0. The van der Waals surface area contributed by atoms with Crippen molar-refractivity contribution in [1.82, 2.24) is 0 Å². The van der Waals surface area contributed by atoms with Crippen LogP contribution in [0.4, 0.5) is 0 Å². The summed E-state index contributed by atoms with van der Waals surface area (Å²) in [7, 11) is 0. The summed E-state index contributed by atoms with van der Waals surface area (Å²) >= 11 is -5.35. The second kappa shape index (κ2) is 15.0. The third-order valence-electron chi connectivity index (χ3n) is 0. The summed E-state index contributed by atoms with van der Waals surface area (Å²) in [5.41, 5.74) is 0. The predicted octanol–water partition coefficient (Wildman–Crippen LogP) is -4.12. The first kappa shape index (κ1) is 29.2. The molecule has 0 unspecified atom stereocenters. The van der Waals surface area contributed by atoms with E-state index >= 15 is 0 Å². The van der Waals surface area contributed by atoms with E-state index in [0.717, 1.165) is 0 Å². The molecule has 0 spiro atoms. The van der Waals surface area contributed by atoms with Gasteiger partial charge in [0.05, 0.1) is 0 Å². The minimum Gasteiger partial charge on any atom is 0 e. The molecule has 0 aromatic rings. The van der Waals surface area contributed by atoms with Crippen molar-refractivity contribution in [3.63, 3.8) is 0 Å². The molecule has 0 fully saturated rings. The maximum Gasteiger partial charge on any atom is 0 e. The first-order valence-electron chi connectivity index (χ1n) is 0.783. The van der Waals surface area contributed by atoms with Gasteiger partial charge in [-0.1, -0.05) is 0 Å². The van der Waals surface area contributed by atoms with Crippen molar-refractivity contribution in [1.29, 1.82) is 0 Å². The van der Waals surface area contributed by atoms with Crippen molar-refractivity contribution in [2.24, 2.45) is 0 Å². The monoisotopic (exact) mass is 441 g/mol. The van der Waals surface area contributed by atoms with Crippen molar-refractivity contribution in [2.45, 2.75) is 0 Å². The van der Waals surface area contributed by atoms with E-state index in [9.17, 15) is 0 Å². The molecular formula is H6KLiNaO4SbTa. The molecule has 0 atom stereocenters. The summed E-state index contributed by atoms with van der Waals surface area (Å²) in [5.74, 6) is 0. The first-order chi connectivity index (χ1) is 2.00. The Morgan fingerprint density at radius 3 is 1.11 bits per heavy atom. The van der Waals surface area contributed by atoms with Gasteiger partial charge in [0.15, 0.2) is 0 Å². The molecule has 0 aromatic carbocycles. The van der Waals surface area contributed by atoms with Gasteiger partial charge in [-0.25, -0.2) is 0 Å². The molecule has 9 heavy (non-hydrogen) atoms. The van der Waals surface area contributed by atoms with E-state index in [4.69, 9.17) is 13.2 Å². The van der Waals surface area contributed by atoms with Gasteiger partial charge in [-0.2, -0.15) is 0 Å². The van der Waals surface area contributed by atoms with Gasteiger partial charge in [-0.05, 0) is 0 Å². The molecule has 0 rings (SSSR count). The van der Waals surface area contributed by atoms with Crippen LogP contribution < -0.4 is 0 Å².